The van der Waals surface area contributed by atoms with Crippen LogP contribution in [-0.2, 0) is 19.0 Å². The summed E-state index contributed by atoms with van der Waals surface area (Å²) in [4.78, 5) is 11.6. The molecule has 0 aromatic heterocycles. The van der Waals surface area contributed by atoms with Gasteiger partial charge >= 0.3 is 5.97 Å². The highest BCUT2D eigenvalue weighted by Gasteiger charge is 2.85. The molecule has 0 unspecified atom stereocenters. The Morgan fingerprint density at radius 1 is 0.939 bits per heavy atom. The van der Waals surface area contributed by atoms with Crippen LogP contribution >= 0.6 is 0 Å². The Balaban J connectivity index is 1.34. The molecule has 1 heterocycles. The van der Waals surface area contributed by atoms with Crippen molar-refractivity contribution in [2.45, 2.75) is 174 Å². The minimum absolute atomic E-state index is 0.0329. The van der Waals surface area contributed by atoms with Gasteiger partial charge in [0.15, 0.2) is 6.29 Å². The van der Waals surface area contributed by atoms with Gasteiger partial charge in [-0.2, -0.15) is 0 Å². The zero-order valence-corrected chi connectivity index (χ0v) is 30.8. The van der Waals surface area contributed by atoms with Crippen LogP contribution in [0, 0.1) is 50.7 Å². The lowest BCUT2D eigenvalue weighted by molar-refractivity contribution is -0.344. The average molecular weight is 697 g/mol. The van der Waals surface area contributed by atoms with Crippen LogP contribution in [0.4, 0.5) is 0 Å². The van der Waals surface area contributed by atoms with E-state index in [1.54, 1.807) is 0 Å². The number of hydrogen-bond donors (Lipinski definition) is 7. The van der Waals surface area contributed by atoms with Crippen molar-refractivity contribution in [2.24, 2.45) is 50.7 Å². The monoisotopic (exact) mass is 696 g/mol. The highest BCUT2D eigenvalue weighted by atomic mass is 16.7. The fourth-order valence-corrected chi connectivity index (χ4v) is 13.3. The van der Waals surface area contributed by atoms with Crippen molar-refractivity contribution in [1.82, 2.24) is 0 Å². The summed E-state index contributed by atoms with van der Waals surface area (Å²) in [6.07, 6.45) is -2.27. The largest absolute Gasteiger partial charge is 0.463 e. The summed E-state index contributed by atoms with van der Waals surface area (Å²) < 4.78 is 18.2. The number of ether oxygens (including phenoxy) is 3. The van der Waals surface area contributed by atoms with Gasteiger partial charge in [-0.15, -0.1) is 0 Å². The second kappa shape index (κ2) is 12.3. The van der Waals surface area contributed by atoms with E-state index in [-0.39, 0.29) is 51.4 Å². The summed E-state index contributed by atoms with van der Waals surface area (Å²) in [6, 6.07) is 0. The molecule has 7 N–H and O–H groups in total. The minimum Gasteiger partial charge on any atom is -0.463 e. The number of carbonyl (C=O) groups is 1. The van der Waals surface area contributed by atoms with Gasteiger partial charge in [-0.3, -0.25) is 4.79 Å². The van der Waals surface area contributed by atoms with Crippen LogP contribution in [0.15, 0.2) is 0 Å². The lowest BCUT2D eigenvalue weighted by Gasteiger charge is -2.69. The summed E-state index contributed by atoms with van der Waals surface area (Å²) in [6.45, 7) is 15.3. The second-order valence-corrected chi connectivity index (χ2v) is 18.9. The van der Waals surface area contributed by atoms with Gasteiger partial charge < -0.3 is 50.0 Å². The molecule has 0 amide bonds. The average Bonchev–Trinajstić information content (AvgIpc) is 3.58. The third-order valence-corrected chi connectivity index (χ3v) is 15.9. The Morgan fingerprint density at radius 2 is 1.61 bits per heavy atom. The molecule has 0 aromatic carbocycles. The third-order valence-electron chi connectivity index (χ3n) is 15.9. The standard InChI is InChI=1S/C38H64O11/c1-19(15-22(40)31(45)34(5,6)46)21-9-14-38-18-37(21,38)13-10-24-35(7)12-11-26(41)33(3,4)25(35)16-27(36(24,38)8)49-32-30(44)29(43)28(42)23(48-32)17-47-20(2)39/h19,21-32,40-46H,9-18H2,1-8H3/t19-,21-,22+,23+,24+,25-,26+,27+,28+,29-,30+,31-,32-,35+,36-,37+,38+/m0/s1. The van der Waals surface area contributed by atoms with Crippen molar-refractivity contribution in [3.05, 3.63) is 0 Å². The number of aliphatic hydroxyl groups is 7. The topological polar surface area (TPSA) is 186 Å². The van der Waals surface area contributed by atoms with E-state index in [2.05, 4.69) is 34.6 Å². The summed E-state index contributed by atoms with van der Waals surface area (Å²) in [5.74, 6) is 0.278. The van der Waals surface area contributed by atoms with Gasteiger partial charge in [-0.05, 0) is 117 Å². The lowest BCUT2D eigenvalue weighted by atomic mass is 9.37. The SMILES string of the molecule is CC(=O)OC[C@H]1O[C@@H](O[C@@H]2C[C@H]3C(C)(C)[C@H](O)CC[C@]3(C)[C@H]3CC[C@]45C[C@]4(CC[C@H]5[C@@H](C)C[C@@H](O)[C@H](O)C(C)(C)O)[C@@]32C)[C@H](O)[C@@H](O)[C@@H]1O. The van der Waals surface area contributed by atoms with Crippen LogP contribution < -0.4 is 0 Å². The Bertz CT molecular complexity index is 1250. The zero-order chi connectivity index (χ0) is 36.3. The van der Waals surface area contributed by atoms with Crippen LogP contribution in [0.2, 0.25) is 0 Å². The normalized spacial score (nSPS) is 50.6. The highest BCUT2D eigenvalue weighted by molar-refractivity contribution is 5.65. The third kappa shape index (κ3) is 5.49. The van der Waals surface area contributed by atoms with E-state index in [1.165, 1.54) is 20.8 Å². The van der Waals surface area contributed by atoms with Crippen LogP contribution in [-0.4, -0.2) is 109 Å². The van der Waals surface area contributed by atoms with E-state index < -0.39 is 66.7 Å². The van der Waals surface area contributed by atoms with Crippen molar-refractivity contribution < 1.29 is 54.8 Å². The van der Waals surface area contributed by atoms with Gasteiger partial charge in [0.1, 0.15) is 37.1 Å². The number of fused-ring (bicyclic) bond motifs is 3. The maximum absolute atomic E-state index is 11.6. The predicted octanol–water partition coefficient (Wildman–Crippen LogP) is 2.67. The second-order valence-electron chi connectivity index (χ2n) is 18.9. The number of aliphatic hydroxyl groups excluding tert-OH is 6. The van der Waals surface area contributed by atoms with Crippen molar-refractivity contribution >= 4 is 5.97 Å². The first-order valence-corrected chi connectivity index (χ1v) is 18.8. The molecule has 11 nitrogen and oxygen atoms in total. The van der Waals surface area contributed by atoms with Crippen molar-refractivity contribution in [3.8, 4) is 0 Å². The highest BCUT2D eigenvalue weighted by Crippen LogP contribution is 2.91. The molecule has 0 spiro atoms. The van der Waals surface area contributed by atoms with Gasteiger partial charge in [0.05, 0.1) is 23.9 Å². The van der Waals surface area contributed by atoms with E-state index in [1.807, 2.05) is 0 Å². The molecule has 49 heavy (non-hydrogen) atoms. The molecule has 5 saturated carbocycles. The number of esters is 1. The molecule has 0 bridgehead atoms. The predicted molar refractivity (Wildman–Crippen MR) is 179 cm³/mol. The summed E-state index contributed by atoms with van der Waals surface area (Å²) in [7, 11) is 0. The van der Waals surface area contributed by atoms with Crippen molar-refractivity contribution in [2.75, 3.05) is 6.61 Å². The van der Waals surface area contributed by atoms with E-state index in [0.29, 0.717) is 18.8 Å². The summed E-state index contributed by atoms with van der Waals surface area (Å²) >= 11 is 0. The minimum atomic E-state index is -1.56. The molecular weight excluding hydrogens is 632 g/mol. The van der Waals surface area contributed by atoms with E-state index >= 15 is 0 Å². The molecule has 6 fully saturated rings. The first-order chi connectivity index (χ1) is 22.6. The van der Waals surface area contributed by atoms with Crippen molar-refractivity contribution in [1.29, 1.82) is 0 Å². The Morgan fingerprint density at radius 3 is 2.24 bits per heavy atom. The number of carbonyl (C=O) groups excluding carboxylic acids is 1. The Labute approximate surface area is 291 Å². The zero-order valence-electron chi connectivity index (χ0n) is 30.8. The van der Waals surface area contributed by atoms with Crippen LogP contribution in [0.5, 0.6) is 0 Å². The maximum Gasteiger partial charge on any atom is 0.302 e. The first-order valence-electron chi connectivity index (χ1n) is 18.8. The molecule has 17 atom stereocenters. The van der Waals surface area contributed by atoms with Gasteiger partial charge in [-0.25, -0.2) is 0 Å². The summed E-state index contributed by atoms with van der Waals surface area (Å²) in [5.41, 5.74) is -2.22. The summed E-state index contributed by atoms with van der Waals surface area (Å²) in [5, 5.41) is 76.1. The molecule has 6 aliphatic rings. The van der Waals surface area contributed by atoms with Crippen LogP contribution in [0.3, 0.4) is 0 Å². The van der Waals surface area contributed by atoms with Crippen LogP contribution in [0.1, 0.15) is 113 Å². The quantitative estimate of drug-likeness (QED) is 0.139. The molecule has 6 rings (SSSR count). The smallest absolute Gasteiger partial charge is 0.302 e. The van der Waals surface area contributed by atoms with Gasteiger partial charge in [0, 0.05) is 12.3 Å². The fourth-order valence-electron chi connectivity index (χ4n) is 13.3. The molecule has 0 radical (unpaired) electrons. The van der Waals surface area contributed by atoms with E-state index in [4.69, 9.17) is 14.2 Å². The maximum atomic E-state index is 11.6. The van der Waals surface area contributed by atoms with Gasteiger partial charge in [0.25, 0.3) is 0 Å². The van der Waals surface area contributed by atoms with Gasteiger partial charge in [0.2, 0.25) is 0 Å². The molecule has 5 aliphatic carbocycles. The van der Waals surface area contributed by atoms with Crippen LogP contribution in [0.25, 0.3) is 0 Å². The molecule has 1 saturated heterocycles. The Kier molecular flexibility index (Phi) is 9.53. The first kappa shape index (κ1) is 37.9. The molecule has 0 aromatic rings. The van der Waals surface area contributed by atoms with Crippen molar-refractivity contribution in [3.63, 3.8) is 0 Å². The molecule has 282 valence electrons. The molecule has 1 aliphatic heterocycles. The molecule has 11 heteroatoms. The lowest BCUT2D eigenvalue weighted by Crippen LogP contribution is -2.68. The van der Waals surface area contributed by atoms with E-state index in [0.717, 1.165) is 44.9 Å². The number of hydrogen-bond acceptors (Lipinski definition) is 11. The Hall–Kier alpha value is -0.890. The number of rotatable bonds is 9. The molecular formula is C38H64O11. The van der Waals surface area contributed by atoms with Gasteiger partial charge in [-0.1, -0.05) is 34.6 Å². The fraction of sp³-hybridized carbons (Fsp3) is 0.974. The van der Waals surface area contributed by atoms with E-state index in [9.17, 15) is 40.5 Å².